The van der Waals surface area contributed by atoms with Gasteiger partial charge in [0.1, 0.15) is 11.6 Å². The highest BCUT2D eigenvalue weighted by Crippen LogP contribution is 2.21. The molecule has 0 saturated carbocycles. The molecule has 2 aromatic rings. The number of carbonyl (C=O) groups excluding carboxylic acids is 1. The maximum atomic E-state index is 13.2. The van der Waals surface area contributed by atoms with Crippen LogP contribution in [0.3, 0.4) is 0 Å². The predicted octanol–water partition coefficient (Wildman–Crippen LogP) is 2.61. The molecule has 0 radical (unpaired) electrons. The van der Waals surface area contributed by atoms with Crippen molar-refractivity contribution in [2.24, 2.45) is 0 Å². The number of carbonyl (C=O) groups is 1. The molecule has 0 heterocycles. The number of phenolic OH excluding ortho intramolecular Hbond substituents is 1. The van der Waals surface area contributed by atoms with Crippen LogP contribution in [0.15, 0.2) is 36.4 Å². The third kappa shape index (κ3) is 3.71. The predicted molar refractivity (Wildman–Crippen MR) is 76.6 cm³/mol. The zero-order valence-electron chi connectivity index (χ0n) is 10.9. The Morgan fingerprint density at radius 2 is 2.00 bits per heavy atom. The third-order valence-electron chi connectivity index (χ3n) is 2.94. The van der Waals surface area contributed by atoms with Crippen LogP contribution in [0.1, 0.15) is 21.5 Å². The largest absolute Gasteiger partial charge is 0.507 e. The minimum atomic E-state index is -0.497. The first-order chi connectivity index (χ1) is 10.0. The molecule has 1 amide bonds. The molecule has 0 atom stereocenters. The van der Waals surface area contributed by atoms with Gasteiger partial charge >= 0.3 is 0 Å². The second kappa shape index (κ2) is 6.56. The fourth-order valence-electron chi connectivity index (χ4n) is 1.83. The van der Waals surface area contributed by atoms with E-state index >= 15 is 0 Å². The van der Waals surface area contributed by atoms with Gasteiger partial charge in [0.25, 0.3) is 5.91 Å². The number of aliphatic hydroxyl groups excluding tert-OH is 1. The summed E-state index contributed by atoms with van der Waals surface area (Å²) >= 11 is 5.69. The molecule has 0 aliphatic carbocycles. The Morgan fingerprint density at radius 3 is 2.67 bits per heavy atom. The number of aromatic hydroxyl groups is 1. The molecule has 0 aromatic heterocycles. The Balaban J connectivity index is 2.07. The second-order valence-electron chi connectivity index (χ2n) is 4.43. The van der Waals surface area contributed by atoms with E-state index < -0.39 is 18.3 Å². The standard InChI is InChI=1S/C15H13ClFNO3/c16-11-2-3-12(14(20)6-11)15(21)18-7-9-1-4-13(17)10(5-9)8-19/h1-6,19-20H,7-8H2,(H,18,21). The van der Waals surface area contributed by atoms with E-state index in [4.69, 9.17) is 16.7 Å². The van der Waals surface area contributed by atoms with E-state index in [-0.39, 0.29) is 23.4 Å². The molecule has 0 saturated heterocycles. The zero-order chi connectivity index (χ0) is 15.4. The van der Waals surface area contributed by atoms with Gasteiger partial charge in [-0.15, -0.1) is 0 Å². The molecule has 0 bridgehead atoms. The average molecular weight is 310 g/mol. The van der Waals surface area contributed by atoms with Crippen molar-refractivity contribution >= 4 is 17.5 Å². The number of benzene rings is 2. The van der Waals surface area contributed by atoms with Crippen LogP contribution in [0.5, 0.6) is 5.75 Å². The van der Waals surface area contributed by atoms with E-state index in [0.717, 1.165) is 0 Å². The van der Waals surface area contributed by atoms with Crippen molar-refractivity contribution in [3.05, 3.63) is 63.9 Å². The highest BCUT2D eigenvalue weighted by atomic mass is 35.5. The normalized spacial score (nSPS) is 10.4. The van der Waals surface area contributed by atoms with Gasteiger partial charge in [0.2, 0.25) is 0 Å². The van der Waals surface area contributed by atoms with Crippen molar-refractivity contribution < 1.29 is 19.4 Å². The molecule has 6 heteroatoms. The van der Waals surface area contributed by atoms with E-state index in [1.807, 2.05) is 0 Å². The first-order valence-electron chi connectivity index (χ1n) is 6.16. The fraction of sp³-hybridized carbons (Fsp3) is 0.133. The monoisotopic (exact) mass is 309 g/mol. The molecule has 0 spiro atoms. The van der Waals surface area contributed by atoms with Crippen molar-refractivity contribution in [2.75, 3.05) is 0 Å². The highest BCUT2D eigenvalue weighted by Gasteiger charge is 2.11. The van der Waals surface area contributed by atoms with Crippen molar-refractivity contribution in [3.63, 3.8) is 0 Å². The summed E-state index contributed by atoms with van der Waals surface area (Å²) in [5.74, 6) is -1.18. The molecule has 2 aromatic carbocycles. The maximum Gasteiger partial charge on any atom is 0.255 e. The molecule has 0 fully saturated rings. The molecule has 0 unspecified atom stereocenters. The van der Waals surface area contributed by atoms with Crippen LogP contribution >= 0.6 is 11.6 Å². The summed E-state index contributed by atoms with van der Waals surface area (Å²) in [5.41, 5.74) is 0.905. The minimum Gasteiger partial charge on any atom is -0.507 e. The quantitative estimate of drug-likeness (QED) is 0.813. The van der Waals surface area contributed by atoms with Crippen LogP contribution in [0, 0.1) is 5.82 Å². The molecule has 3 N–H and O–H groups in total. The lowest BCUT2D eigenvalue weighted by Crippen LogP contribution is -2.23. The summed E-state index contributed by atoms with van der Waals surface area (Å²) in [7, 11) is 0. The van der Waals surface area contributed by atoms with E-state index in [2.05, 4.69) is 5.32 Å². The van der Waals surface area contributed by atoms with Crippen LogP contribution in [-0.2, 0) is 13.2 Å². The molecular weight excluding hydrogens is 297 g/mol. The summed E-state index contributed by atoms with van der Waals surface area (Å²) in [6.07, 6.45) is 0. The second-order valence-corrected chi connectivity index (χ2v) is 4.86. The summed E-state index contributed by atoms with van der Waals surface area (Å²) in [6.45, 7) is -0.264. The average Bonchev–Trinajstić information content (AvgIpc) is 2.46. The molecule has 4 nitrogen and oxygen atoms in total. The van der Waals surface area contributed by atoms with Crippen molar-refractivity contribution in [3.8, 4) is 5.75 Å². The SMILES string of the molecule is O=C(NCc1ccc(F)c(CO)c1)c1ccc(Cl)cc1O. The fourth-order valence-corrected chi connectivity index (χ4v) is 2.00. The number of phenols is 1. The summed E-state index contributed by atoms with van der Waals surface area (Å²) in [4.78, 5) is 11.9. The number of aliphatic hydroxyl groups is 1. The van der Waals surface area contributed by atoms with E-state index in [1.54, 1.807) is 0 Å². The van der Waals surface area contributed by atoms with E-state index in [1.165, 1.54) is 36.4 Å². The van der Waals surface area contributed by atoms with Gasteiger partial charge in [0.05, 0.1) is 12.2 Å². The molecule has 0 aliphatic rings. The molecule has 2 rings (SSSR count). The molecule has 0 aliphatic heterocycles. The summed E-state index contributed by atoms with van der Waals surface area (Å²) in [6, 6.07) is 8.40. The molecule has 110 valence electrons. The Bertz CT molecular complexity index is 676. The Kier molecular flexibility index (Phi) is 4.77. The summed E-state index contributed by atoms with van der Waals surface area (Å²) in [5, 5.41) is 21.6. The van der Waals surface area contributed by atoms with Crippen LogP contribution in [0.25, 0.3) is 0 Å². The van der Waals surface area contributed by atoms with Crippen LogP contribution in [-0.4, -0.2) is 16.1 Å². The van der Waals surface area contributed by atoms with Gasteiger partial charge in [0, 0.05) is 17.1 Å². The zero-order valence-corrected chi connectivity index (χ0v) is 11.7. The summed E-state index contributed by atoms with van der Waals surface area (Å²) < 4.78 is 13.2. The van der Waals surface area contributed by atoms with E-state index in [0.29, 0.717) is 10.6 Å². The third-order valence-corrected chi connectivity index (χ3v) is 3.17. The van der Waals surface area contributed by atoms with Gasteiger partial charge in [0.15, 0.2) is 0 Å². The number of amides is 1. The van der Waals surface area contributed by atoms with Crippen LogP contribution in [0.2, 0.25) is 5.02 Å². The Hall–Kier alpha value is -2.11. The van der Waals surface area contributed by atoms with Crippen molar-refractivity contribution in [1.29, 1.82) is 0 Å². The van der Waals surface area contributed by atoms with Gasteiger partial charge in [-0.25, -0.2) is 4.39 Å². The Labute approximate surface area is 125 Å². The lowest BCUT2D eigenvalue weighted by molar-refractivity contribution is 0.0948. The van der Waals surface area contributed by atoms with Gasteiger partial charge in [-0.2, -0.15) is 0 Å². The highest BCUT2D eigenvalue weighted by molar-refractivity contribution is 6.30. The van der Waals surface area contributed by atoms with Crippen molar-refractivity contribution in [1.82, 2.24) is 5.32 Å². The van der Waals surface area contributed by atoms with Gasteiger partial charge in [-0.05, 0) is 35.9 Å². The van der Waals surface area contributed by atoms with Gasteiger partial charge in [-0.3, -0.25) is 4.79 Å². The number of halogens is 2. The molecular formula is C15H13ClFNO3. The smallest absolute Gasteiger partial charge is 0.255 e. The molecule has 21 heavy (non-hydrogen) atoms. The lowest BCUT2D eigenvalue weighted by atomic mass is 10.1. The number of hydrogen-bond donors (Lipinski definition) is 3. The Morgan fingerprint density at radius 1 is 1.24 bits per heavy atom. The lowest BCUT2D eigenvalue weighted by Gasteiger charge is -2.08. The van der Waals surface area contributed by atoms with Crippen molar-refractivity contribution in [2.45, 2.75) is 13.2 Å². The van der Waals surface area contributed by atoms with Crippen LogP contribution in [0.4, 0.5) is 4.39 Å². The van der Waals surface area contributed by atoms with Gasteiger partial charge < -0.3 is 15.5 Å². The number of rotatable bonds is 4. The minimum absolute atomic E-state index is 0.101. The van der Waals surface area contributed by atoms with Gasteiger partial charge in [-0.1, -0.05) is 17.7 Å². The topological polar surface area (TPSA) is 69.6 Å². The van der Waals surface area contributed by atoms with Crippen LogP contribution < -0.4 is 5.32 Å². The van der Waals surface area contributed by atoms with E-state index in [9.17, 15) is 14.3 Å². The first-order valence-corrected chi connectivity index (χ1v) is 6.54. The number of hydrogen-bond acceptors (Lipinski definition) is 3. The number of nitrogens with one attached hydrogen (secondary N) is 1. The first kappa shape index (κ1) is 15.3. The maximum absolute atomic E-state index is 13.2.